The molecule has 0 saturated carbocycles. The molecule has 2 aliphatic rings. The van der Waals surface area contributed by atoms with Crippen molar-refractivity contribution in [1.29, 1.82) is 0 Å². The van der Waals surface area contributed by atoms with Gasteiger partial charge in [-0.15, -0.1) is 0 Å². The van der Waals surface area contributed by atoms with E-state index in [2.05, 4.69) is 47.2 Å². The lowest BCUT2D eigenvalue weighted by molar-refractivity contribution is 0.248. The summed E-state index contributed by atoms with van der Waals surface area (Å²) in [6, 6.07) is 0. The predicted octanol–water partition coefficient (Wildman–Crippen LogP) is 0.648. The molecule has 0 atom stereocenters. The Hall–Kier alpha value is -1.19. The number of nitrogens with zero attached hydrogens (tertiary/aromatic N) is 3. The Morgan fingerprint density at radius 1 is 1.57 bits per heavy atom. The fourth-order valence-electron chi connectivity index (χ4n) is 1.92. The smallest absolute Gasteiger partial charge is 0.152 e. The lowest BCUT2D eigenvalue weighted by Gasteiger charge is -2.34. The molecule has 78 valence electrons. The van der Waals surface area contributed by atoms with Crippen molar-refractivity contribution in [2.75, 3.05) is 26.9 Å². The maximum absolute atomic E-state index is 4.46. The first kappa shape index (κ1) is 9.37. The van der Waals surface area contributed by atoms with Crippen LogP contribution in [0.5, 0.6) is 0 Å². The summed E-state index contributed by atoms with van der Waals surface area (Å²) >= 11 is 0. The Labute approximate surface area is 85.3 Å². The number of fused-ring (bicyclic) bond motifs is 1. The number of rotatable bonds is 2. The highest BCUT2D eigenvalue weighted by atomic mass is 15.4. The molecule has 0 aromatic rings. The molecule has 0 bridgehead atoms. The highest BCUT2D eigenvalue weighted by Gasteiger charge is 2.25. The van der Waals surface area contributed by atoms with Crippen molar-refractivity contribution in [2.24, 2.45) is 10.9 Å². The predicted molar refractivity (Wildman–Crippen MR) is 57.7 cm³/mol. The highest BCUT2D eigenvalue weighted by Crippen LogP contribution is 2.15. The monoisotopic (exact) mass is 194 g/mol. The van der Waals surface area contributed by atoms with Crippen LogP contribution in [0.15, 0.2) is 16.9 Å². The van der Waals surface area contributed by atoms with Gasteiger partial charge in [-0.25, -0.2) is 4.99 Å². The van der Waals surface area contributed by atoms with Gasteiger partial charge in [0.25, 0.3) is 0 Å². The van der Waals surface area contributed by atoms with Crippen molar-refractivity contribution < 1.29 is 0 Å². The van der Waals surface area contributed by atoms with Crippen LogP contribution >= 0.6 is 0 Å². The van der Waals surface area contributed by atoms with Gasteiger partial charge in [0.1, 0.15) is 6.67 Å². The fraction of sp³-hybridized carbons (Fsp3) is 0.700. The van der Waals surface area contributed by atoms with Crippen molar-refractivity contribution in [3.05, 3.63) is 11.9 Å². The number of hydrogen-bond donors (Lipinski definition) is 1. The number of aliphatic imine (C=N–C) groups is 1. The molecule has 2 aliphatic heterocycles. The minimum absolute atomic E-state index is 0.672. The Morgan fingerprint density at radius 2 is 2.36 bits per heavy atom. The van der Waals surface area contributed by atoms with E-state index in [1.165, 1.54) is 5.70 Å². The van der Waals surface area contributed by atoms with Gasteiger partial charge in [0.15, 0.2) is 5.84 Å². The van der Waals surface area contributed by atoms with Crippen LogP contribution < -0.4 is 5.32 Å². The van der Waals surface area contributed by atoms with Crippen molar-refractivity contribution >= 4 is 5.84 Å². The fourth-order valence-corrected chi connectivity index (χ4v) is 1.92. The van der Waals surface area contributed by atoms with E-state index in [-0.39, 0.29) is 0 Å². The molecule has 0 aromatic carbocycles. The summed E-state index contributed by atoms with van der Waals surface area (Å²) in [7, 11) is 2.09. The molecule has 0 saturated heterocycles. The molecule has 0 radical (unpaired) electrons. The molecule has 0 amide bonds. The van der Waals surface area contributed by atoms with Crippen molar-refractivity contribution in [1.82, 2.24) is 15.1 Å². The van der Waals surface area contributed by atoms with Crippen molar-refractivity contribution in [3.63, 3.8) is 0 Å². The molecule has 0 fully saturated rings. The van der Waals surface area contributed by atoms with E-state index in [1.54, 1.807) is 0 Å². The number of hydrogen-bond acceptors (Lipinski definition) is 4. The van der Waals surface area contributed by atoms with E-state index in [0.717, 1.165) is 25.7 Å². The van der Waals surface area contributed by atoms with Crippen LogP contribution in [0.1, 0.15) is 13.8 Å². The lowest BCUT2D eigenvalue weighted by Crippen LogP contribution is -2.45. The summed E-state index contributed by atoms with van der Waals surface area (Å²) in [6.45, 7) is 7.22. The van der Waals surface area contributed by atoms with Gasteiger partial charge in [0, 0.05) is 19.8 Å². The van der Waals surface area contributed by atoms with Crippen LogP contribution in [0.25, 0.3) is 0 Å². The Bertz CT molecular complexity index is 280. The molecule has 2 heterocycles. The normalized spacial score (nSPS) is 20.6. The second-order valence-corrected chi connectivity index (χ2v) is 4.37. The Balaban J connectivity index is 2.15. The van der Waals surface area contributed by atoms with Gasteiger partial charge in [0.05, 0.1) is 12.4 Å². The van der Waals surface area contributed by atoms with Crippen LogP contribution in [-0.4, -0.2) is 42.6 Å². The first-order chi connectivity index (χ1) is 6.66. The third-order valence-corrected chi connectivity index (χ3v) is 2.37. The maximum Gasteiger partial charge on any atom is 0.152 e. The van der Waals surface area contributed by atoms with Gasteiger partial charge >= 0.3 is 0 Å². The van der Waals surface area contributed by atoms with Gasteiger partial charge in [-0.3, -0.25) is 0 Å². The first-order valence-corrected chi connectivity index (χ1v) is 5.12. The molecule has 4 heteroatoms. The van der Waals surface area contributed by atoms with Crippen LogP contribution in [0.2, 0.25) is 0 Å². The Morgan fingerprint density at radius 3 is 3.07 bits per heavy atom. The summed E-state index contributed by atoms with van der Waals surface area (Å²) in [6.07, 6.45) is 2.13. The molecule has 0 unspecified atom stereocenters. The quantitative estimate of drug-likeness (QED) is 0.700. The molecular formula is C10H18N4. The molecule has 0 aromatic heterocycles. The second-order valence-electron chi connectivity index (χ2n) is 4.37. The van der Waals surface area contributed by atoms with Gasteiger partial charge in [0.2, 0.25) is 0 Å². The van der Waals surface area contributed by atoms with Crippen LogP contribution in [0, 0.1) is 5.92 Å². The standard InChI is InChI=1S/C10H18N4/c1-8(2)4-14-7-13(3)5-9-10(14)12-6-11-9/h5,8,11H,4,6-7H2,1-3H3. The second kappa shape index (κ2) is 3.52. The minimum atomic E-state index is 0.672. The van der Waals surface area contributed by atoms with E-state index < -0.39 is 0 Å². The zero-order chi connectivity index (χ0) is 10.1. The summed E-state index contributed by atoms with van der Waals surface area (Å²) in [4.78, 5) is 8.99. The average Bonchev–Trinajstić information content (AvgIpc) is 2.50. The number of nitrogens with one attached hydrogen (secondary N) is 1. The molecule has 14 heavy (non-hydrogen) atoms. The summed E-state index contributed by atoms with van der Waals surface area (Å²) in [5.74, 6) is 1.81. The van der Waals surface area contributed by atoms with Gasteiger partial charge < -0.3 is 15.1 Å². The third-order valence-electron chi connectivity index (χ3n) is 2.37. The topological polar surface area (TPSA) is 30.9 Å². The zero-order valence-corrected chi connectivity index (χ0v) is 9.12. The molecule has 0 spiro atoms. The number of amidine groups is 1. The van der Waals surface area contributed by atoms with E-state index in [9.17, 15) is 0 Å². The zero-order valence-electron chi connectivity index (χ0n) is 9.12. The SMILES string of the molecule is CC(C)CN1CN(C)C=C2NCN=C21. The van der Waals surface area contributed by atoms with Crippen molar-refractivity contribution in [2.45, 2.75) is 13.8 Å². The van der Waals surface area contributed by atoms with Crippen LogP contribution in [0.3, 0.4) is 0 Å². The molecule has 4 nitrogen and oxygen atoms in total. The molecular weight excluding hydrogens is 176 g/mol. The maximum atomic E-state index is 4.46. The van der Waals surface area contributed by atoms with E-state index >= 15 is 0 Å². The highest BCUT2D eigenvalue weighted by molar-refractivity contribution is 5.99. The van der Waals surface area contributed by atoms with Gasteiger partial charge in [-0.2, -0.15) is 0 Å². The van der Waals surface area contributed by atoms with E-state index in [4.69, 9.17) is 0 Å². The lowest BCUT2D eigenvalue weighted by atomic mass is 10.2. The van der Waals surface area contributed by atoms with E-state index in [1.807, 2.05) is 0 Å². The first-order valence-electron chi connectivity index (χ1n) is 5.12. The summed E-state index contributed by atoms with van der Waals surface area (Å²) in [5.41, 5.74) is 1.17. The van der Waals surface area contributed by atoms with Gasteiger partial charge in [-0.1, -0.05) is 13.8 Å². The largest absolute Gasteiger partial charge is 0.362 e. The molecule has 0 aliphatic carbocycles. The molecule has 2 rings (SSSR count). The van der Waals surface area contributed by atoms with Gasteiger partial charge in [-0.05, 0) is 5.92 Å². The average molecular weight is 194 g/mol. The van der Waals surface area contributed by atoms with Crippen LogP contribution in [0.4, 0.5) is 0 Å². The van der Waals surface area contributed by atoms with Crippen LogP contribution in [-0.2, 0) is 0 Å². The molecule has 1 N–H and O–H groups in total. The third kappa shape index (κ3) is 1.69. The van der Waals surface area contributed by atoms with E-state index in [0.29, 0.717) is 5.92 Å². The Kier molecular flexibility index (Phi) is 2.35. The summed E-state index contributed by atoms with van der Waals surface area (Å²) < 4.78 is 0. The minimum Gasteiger partial charge on any atom is -0.362 e. The van der Waals surface area contributed by atoms with Crippen molar-refractivity contribution in [3.8, 4) is 0 Å². The summed E-state index contributed by atoms with van der Waals surface area (Å²) in [5, 5.41) is 3.27.